The molecule has 1 aromatic carbocycles. The fourth-order valence-corrected chi connectivity index (χ4v) is 2.34. The molecule has 0 spiro atoms. The number of esters is 1. The van der Waals surface area contributed by atoms with Crippen LogP contribution in [0.25, 0.3) is 0 Å². The highest BCUT2D eigenvalue weighted by atomic mass is 16.5. The Labute approximate surface area is 174 Å². The fraction of sp³-hybridized carbons (Fsp3) is 0.143. The van der Waals surface area contributed by atoms with E-state index >= 15 is 0 Å². The zero-order valence-corrected chi connectivity index (χ0v) is 16.7. The molecule has 9 heteroatoms. The maximum Gasteiger partial charge on any atom is 0.339 e. The molecule has 0 aliphatic rings. The first-order valence-corrected chi connectivity index (χ1v) is 8.98. The minimum absolute atomic E-state index is 0.341. The fourth-order valence-electron chi connectivity index (χ4n) is 2.34. The number of hydrogen-bond donors (Lipinski definition) is 3. The van der Waals surface area contributed by atoms with E-state index in [1.165, 1.54) is 19.5 Å². The van der Waals surface area contributed by atoms with Gasteiger partial charge in [0.05, 0.1) is 36.2 Å². The van der Waals surface area contributed by atoms with E-state index in [9.17, 15) is 9.59 Å². The van der Waals surface area contributed by atoms with Crippen LogP contribution in [0.4, 0.5) is 17.2 Å². The normalized spacial score (nSPS) is 9.67. The summed E-state index contributed by atoms with van der Waals surface area (Å²) >= 11 is 0. The molecule has 0 bridgehead atoms. The summed E-state index contributed by atoms with van der Waals surface area (Å²) in [5.41, 5.74) is 12.7. The molecule has 30 heavy (non-hydrogen) atoms. The largest absolute Gasteiger partial charge is 0.492 e. The predicted octanol–water partition coefficient (Wildman–Crippen LogP) is 2.77. The second-order valence-corrected chi connectivity index (χ2v) is 5.80. The molecule has 5 N–H and O–H groups in total. The number of amides is 1. The number of aromatic nitrogens is 2. The predicted molar refractivity (Wildman–Crippen MR) is 114 cm³/mol. The van der Waals surface area contributed by atoms with Crippen molar-refractivity contribution >= 4 is 29.1 Å². The van der Waals surface area contributed by atoms with E-state index in [0.717, 1.165) is 11.4 Å². The molecule has 9 nitrogen and oxygen atoms in total. The van der Waals surface area contributed by atoms with E-state index in [2.05, 4.69) is 20.0 Å². The lowest BCUT2D eigenvalue weighted by Gasteiger charge is -2.13. The smallest absolute Gasteiger partial charge is 0.339 e. The number of methoxy groups -OCH3 is 1. The van der Waals surface area contributed by atoms with Crippen LogP contribution in [0.3, 0.4) is 0 Å². The number of primary amides is 1. The third-order valence-corrected chi connectivity index (χ3v) is 3.75. The highest BCUT2D eigenvalue weighted by Crippen LogP contribution is 2.28. The third kappa shape index (κ3) is 6.20. The summed E-state index contributed by atoms with van der Waals surface area (Å²) in [7, 11) is 1.32. The van der Waals surface area contributed by atoms with Crippen LogP contribution < -0.4 is 21.5 Å². The van der Waals surface area contributed by atoms with Crippen molar-refractivity contribution in [2.24, 2.45) is 5.73 Å². The molecular weight excluding hydrogens is 386 g/mol. The Kier molecular flexibility index (Phi) is 8.13. The van der Waals surface area contributed by atoms with Gasteiger partial charge in [-0.05, 0) is 37.3 Å². The van der Waals surface area contributed by atoms with Crippen LogP contribution in [-0.2, 0) is 4.74 Å². The summed E-state index contributed by atoms with van der Waals surface area (Å²) in [5.74, 6) is 0.178. The topological polar surface area (TPSA) is 142 Å². The number of para-hydroxylation sites is 2. The number of pyridine rings is 2. The Bertz CT molecular complexity index is 993. The van der Waals surface area contributed by atoms with Gasteiger partial charge < -0.3 is 26.3 Å². The minimum Gasteiger partial charge on any atom is -0.492 e. The molecule has 3 rings (SSSR count). The molecule has 0 unspecified atom stereocenters. The lowest BCUT2D eigenvalue weighted by Crippen LogP contribution is -2.13. The van der Waals surface area contributed by atoms with Crippen molar-refractivity contribution in [2.75, 3.05) is 24.8 Å². The van der Waals surface area contributed by atoms with Crippen molar-refractivity contribution in [3.63, 3.8) is 0 Å². The van der Waals surface area contributed by atoms with Crippen LogP contribution in [0.5, 0.6) is 5.75 Å². The molecule has 0 saturated heterocycles. The van der Waals surface area contributed by atoms with Gasteiger partial charge in [0.2, 0.25) is 0 Å². The van der Waals surface area contributed by atoms with Crippen molar-refractivity contribution in [1.29, 1.82) is 0 Å². The van der Waals surface area contributed by atoms with Gasteiger partial charge in [0, 0.05) is 18.6 Å². The molecule has 0 aliphatic heterocycles. The van der Waals surface area contributed by atoms with Crippen molar-refractivity contribution in [1.82, 2.24) is 9.97 Å². The molecule has 3 aromatic rings. The van der Waals surface area contributed by atoms with E-state index in [1.807, 2.05) is 31.2 Å². The van der Waals surface area contributed by atoms with Crippen LogP contribution in [0.15, 0.2) is 61.1 Å². The van der Waals surface area contributed by atoms with Crippen LogP contribution in [0, 0.1) is 0 Å². The van der Waals surface area contributed by atoms with Gasteiger partial charge in [0.1, 0.15) is 11.6 Å². The van der Waals surface area contributed by atoms with Crippen molar-refractivity contribution in [3.8, 4) is 5.75 Å². The maximum atomic E-state index is 11.3. The molecule has 0 fully saturated rings. The number of benzene rings is 1. The first kappa shape index (κ1) is 22.2. The standard InChI is InChI=1S/C14H15N3O2.C7H8N2O2/c1-2-19-13-6-4-3-5-12(13)17-11-7-8-16-9-10(11)14(15)18;1-11-7(10)5-2-3-6(8)9-4-5/h3-9H,2H2,1H3,(H2,15,18)(H,16,17);2-4H,1H3,(H2,8,9). The van der Waals surface area contributed by atoms with Crippen LogP contribution in [0.1, 0.15) is 27.6 Å². The van der Waals surface area contributed by atoms with Gasteiger partial charge in [0.15, 0.2) is 0 Å². The van der Waals surface area contributed by atoms with Crippen molar-refractivity contribution in [2.45, 2.75) is 6.92 Å². The summed E-state index contributed by atoms with van der Waals surface area (Å²) < 4.78 is 9.97. The summed E-state index contributed by atoms with van der Waals surface area (Å²) in [6, 6.07) is 12.3. The summed E-state index contributed by atoms with van der Waals surface area (Å²) in [6.45, 7) is 2.48. The van der Waals surface area contributed by atoms with Gasteiger partial charge in [-0.2, -0.15) is 0 Å². The average Bonchev–Trinajstić information content (AvgIpc) is 2.76. The van der Waals surface area contributed by atoms with E-state index < -0.39 is 11.9 Å². The number of rotatable bonds is 6. The quantitative estimate of drug-likeness (QED) is 0.528. The van der Waals surface area contributed by atoms with E-state index in [0.29, 0.717) is 29.2 Å². The Morgan fingerprint density at radius 2 is 1.83 bits per heavy atom. The highest BCUT2D eigenvalue weighted by molar-refractivity contribution is 5.99. The summed E-state index contributed by atoms with van der Waals surface area (Å²) in [4.78, 5) is 29.8. The van der Waals surface area contributed by atoms with Gasteiger partial charge in [-0.1, -0.05) is 12.1 Å². The molecule has 0 aliphatic carbocycles. The molecule has 2 aromatic heterocycles. The second-order valence-electron chi connectivity index (χ2n) is 5.80. The van der Waals surface area contributed by atoms with Gasteiger partial charge in [-0.25, -0.2) is 9.78 Å². The number of nitrogens with one attached hydrogen (secondary N) is 1. The van der Waals surface area contributed by atoms with Crippen LogP contribution in [0.2, 0.25) is 0 Å². The van der Waals surface area contributed by atoms with E-state index in [1.54, 1.807) is 24.4 Å². The van der Waals surface area contributed by atoms with E-state index in [-0.39, 0.29) is 0 Å². The lowest BCUT2D eigenvalue weighted by molar-refractivity contribution is 0.0600. The van der Waals surface area contributed by atoms with Gasteiger partial charge in [-0.15, -0.1) is 0 Å². The molecule has 0 radical (unpaired) electrons. The molecule has 2 heterocycles. The lowest BCUT2D eigenvalue weighted by atomic mass is 10.2. The van der Waals surface area contributed by atoms with Crippen LogP contribution >= 0.6 is 0 Å². The zero-order valence-electron chi connectivity index (χ0n) is 16.7. The molecular formula is C21H23N5O4. The molecule has 1 amide bonds. The number of ether oxygens (including phenoxy) is 2. The monoisotopic (exact) mass is 409 g/mol. The van der Waals surface area contributed by atoms with E-state index in [4.69, 9.17) is 16.2 Å². The Hall–Kier alpha value is -4.14. The number of carbonyl (C=O) groups is 2. The van der Waals surface area contributed by atoms with Crippen LogP contribution in [-0.4, -0.2) is 35.6 Å². The van der Waals surface area contributed by atoms with Gasteiger partial charge >= 0.3 is 5.97 Å². The SMILES string of the molecule is CCOc1ccccc1Nc1ccncc1C(N)=O.COC(=O)c1ccc(N)nc1. The minimum atomic E-state index is -0.524. The Morgan fingerprint density at radius 3 is 2.47 bits per heavy atom. The number of anilines is 3. The number of carbonyl (C=O) groups excluding carboxylic acids is 2. The van der Waals surface area contributed by atoms with Crippen molar-refractivity contribution < 1.29 is 19.1 Å². The Balaban J connectivity index is 0.000000248. The Morgan fingerprint density at radius 1 is 1.07 bits per heavy atom. The molecule has 0 atom stereocenters. The molecule has 156 valence electrons. The van der Waals surface area contributed by atoms with Gasteiger partial charge in [-0.3, -0.25) is 9.78 Å². The number of nitrogen functional groups attached to an aromatic ring is 1. The summed E-state index contributed by atoms with van der Waals surface area (Å²) in [5, 5.41) is 3.14. The average molecular weight is 409 g/mol. The number of hydrogen-bond acceptors (Lipinski definition) is 8. The summed E-state index contributed by atoms with van der Waals surface area (Å²) in [6.07, 6.45) is 4.41. The first-order chi connectivity index (χ1) is 14.5. The van der Waals surface area contributed by atoms with Crippen molar-refractivity contribution in [3.05, 3.63) is 72.2 Å². The first-order valence-electron chi connectivity index (χ1n) is 8.98. The second kappa shape index (κ2) is 11.0. The number of nitrogens with zero attached hydrogens (tertiary/aromatic N) is 2. The maximum absolute atomic E-state index is 11.3. The van der Waals surface area contributed by atoms with Gasteiger partial charge in [0.25, 0.3) is 5.91 Å². The molecule has 0 saturated carbocycles. The number of nitrogens with two attached hydrogens (primary N) is 2. The zero-order chi connectivity index (χ0) is 21.9. The third-order valence-electron chi connectivity index (χ3n) is 3.75. The highest BCUT2D eigenvalue weighted by Gasteiger charge is 2.10.